The summed E-state index contributed by atoms with van der Waals surface area (Å²) in [4.78, 5) is 22.5. The number of halogens is 5. The quantitative estimate of drug-likeness (QED) is 0.194. The SMILES string of the molecule is O=c1[nH]cc(I)c2nc(N[C@H]3CCCN(Cc4ccc(C(F)(F)F)cc4)C3)c3ccc(Br)cc3c12. The Morgan fingerprint density at radius 3 is 2.69 bits per heavy atom. The van der Waals surface area contributed by atoms with Crippen LogP contribution in [0.4, 0.5) is 19.0 Å². The molecule has 2 aromatic carbocycles. The summed E-state index contributed by atoms with van der Waals surface area (Å²) in [5.74, 6) is 0.727. The molecule has 4 aromatic rings. The van der Waals surface area contributed by atoms with Gasteiger partial charge in [0.05, 0.1) is 20.0 Å². The van der Waals surface area contributed by atoms with Crippen LogP contribution in [0.5, 0.6) is 0 Å². The molecule has 0 amide bonds. The van der Waals surface area contributed by atoms with Gasteiger partial charge < -0.3 is 10.3 Å². The first-order chi connectivity index (χ1) is 16.7. The number of alkyl halides is 3. The molecule has 0 bridgehead atoms. The maximum absolute atomic E-state index is 12.9. The van der Waals surface area contributed by atoms with Crippen molar-refractivity contribution < 1.29 is 13.2 Å². The minimum atomic E-state index is -4.33. The summed E-state index contributed by atoms with van der Waals surface area (Å²) in [6.07, 6.45) is -0.745. The average molecular weight is 657 g/mol. The highest BCUT2D eigenvalue weighted by Crippen LogP contribution is 2.33. The molecule has 1 aliphatic rings. The Kier molecular flexibility index (Phi) is 6.79. The maximum atomic E-state index is 12.9. The Morgan fingerprint density at radius 1 is 1.17 bits per heavy atom. The third-order valence-corrected chi connectivity index (χ3v) is 7.60. The topological polar surface area (TPSA) is 61.0 Å². The third kappa shape index (κ3) is 5.19. The Morgan fingerprint density at radius 2 is 1.94 bits per heavy atom. The minimum absolute atomic E-state index is 0.120. The van der Waals surface area contributed by atoms with Crippen molar-refractivity contribution in [3.63, 3.8) is 0 Å². The van der Waals surface area contributed by atoms with Crippen molar-refractivity contribution in [3.05, 3.63) is 78.2 Å². The van der Waals surface area contributed by atoms with Crippen LogP contribution in [-0.4, -0.2) is 34.0 Å². The largest absolute Gasteiger partial charge is 0.416 e. The van der Waals surface area contributed by atoms with E-state index in [0.717, 1.165) is 68.3 Å². The number of fused-ring (bicyclic) bond motifs is 3. The van der Waals surface area contributed by atoms with E-state index in [4.69, 9.17) is 4.98 Å². The predicted molar refractivity (Wildman–Crippen MR) is 144 cm³/mol. The van der Waals surface area contributed by atoms with Crippen LogP contribution in [0, 0.1) is 3.57 Å². The minimum Gasteiger partial charge on any atom is -0.366 e. The fraction of sp³-hybridized carbons (Fsp3) is 0.280. The van der Waals surface area contributed by atoms with E-state index in [0.29, 0.717) is 17.4 Å². The van der Waals surface area contributed by atoms with Crippen LogP contribution in [0.1, 0.15) is 24.0 Å². The van der Waals surface area contributed by atoms with Crippen molar-refractivity contribution in [2.45, 2.75) is 31.6 Å². The third-order valence-electron chi connectivity index (χ3n) is 6.28. The van der Waals surface area contributed by atoms with Gasteiger partial charge in [-0.2, -0.15) is 13.2 Å². The molecule has 2 N–H and O–H groups in total. The number of anilines is 1. The molecule has 0 radical (unpaired) electrons. The monoisotopic (exact) mass is 656 g/mol. The molecule has 0 saturated carbocycles. The number of H-pyrrole nitrogens is 1. The van der Waals surface area contributed by atoms with E-state index < -0.39 is 11.7 Å². The van der Waals surface area contributed by atoms with Crippen molar-refractivity contribution in [1.82, 2.24) is 14.9 Å². The van der Waals surface area contributed by atoms with Crippen molar-refractivity contribution in [2.24, 2.45) is 0 Å². The van der Waals surface area contributed by atoms with E-state index >= 15 is 0 Å². The highest BCUT2D eigenvalue weighted by molar-refractivity contribution is 14.1. The van der Waals surface area contributed by atoms with E-state index in [2.05, 4.69) is 53.7 Å². The molecule has 1 fully saturated rings. The molecule has 0 spiro atoms. The van der Waals surface area contributed by atoms with Crippen LogP contribution in [-0.2, 0) is 12.7 Å². The number of aromatic nitrogens is 2. The summed E-state index contributed by atoms with van der Waals surface area (Å²) in [7, 11) is 0. The van der Waals surface area contributed by atoms with E-state index in [1.165, 1.54) is 0 Å². The molecular formula is C25H21BrF3IN4O. The first-order valence-corrected chi connectivity index (χ1v) is 13.0. The Balaban J connectivity index is 1.41. The molecule has 1 aliphatic heterocycles. The second kappa shape index (κ2) is 9.70. The van der Waals surface area contributed by atoms with Crippen LogP contribution in [0.25, 0.3) is 21.7 Å². The molecule has 10 heteroatoms. The zero-order valence-corrected chi connectivity index (χ0v) is 22.2. The van der Waals surface area contributed by atoms with Crippen LogP contribution < -0.4 is 10.9 Å². The molecule has 0 aliphatic carbocycles. The van der Waals surface area contributed by atoms with Gasteiger partial charge in [-0.05, 0) is 77.9 Å². The number of hydrogen-bond donors (Lipinski definition) is 2. The molecule has 1 atom stereocenters. The van der Waals surface area contributed by atoms with Crippen LogP contribution in [0.2, 0.25) is 0 Å². The summed E-state index contributed by atoms with van der Waals surface area (Å²) >= 11 is 5.69. The second-order valence-corrected chi connectivity index (χ2v) is 10.8. The molecule has 2 aromatic heterocycles. The Bertz CT molecular complexity index is 1460. The highest BCUT2D eigenvalue weighted by atomic mass is 127. The lowest BCUT2D eigenvalue weighted by atomic mass is 10.0. The number of nitrogens with zero attached hydrogens (tertiary/aromatic N) is 2. The van der Waals surface area contributed by atoms with Gasteiger partial charge in [0.1, 0.15) is 5.82 Å². The van der Waals surface area contributed by atoms with Gasteiger partial charge in [0, 0.05) is 40.6 Å². The van der Waals surface area contributed by atoms with Gasteiger partial charge in [-0.3, -0.25) is 9.69 Å². The van der Waals surface area contributed by atoms with Gasteiger partial charge in [-0.25, -0.2) is 4.98 Å². The fourth-order valence-corrected chi connectivity index (χ4v) is 5.54. The normalized spacial score (nSPS) is 17.2. The van der Waals surface area contributed by atoms with Gasteiger partial charge >= 0.3 is 6.18 Å². The summed E-state index contributed by atoms with van der Waals surface area (Å²) in [6.45, 7) is 2.21. The van der Waals surface area contributed by atoms with Crippen LogP contribution in [0.3, 0.4) is 0 Å². The maximum Gasteiger partial charge on any atom is 0.416 e. The average Bonchev–Trinajstić information content (AvgIpc) is 2.81. The molecule has 0 unspecified atom stereocenters. The lowest BCUT2D eigenvalue weighted by Gasteiger charge is -2.33. The number of likely N-dealkylation sites (tertiary alicyclic amines) is 1. The standard InChI is InChI=1S/C25H21BrF3IN4O/c26-16-7-8-18-19(10-16)21-22(20(30)11-31-24(21)35)33-23(18)32-17-2-1-9-34(13-17)12-14-3-5-15(6-4-14)25(27,28)29/h3-8,10-11,17H,1-2,9,12-13H2,(H,31,35)(H,32,33)/t17-/m0/s1. The lowest BCUT2D eigenvalue weighted by molar-refractivity contribution is -0.137. The summed E-state index contributed by atoms with van der Waals surface area (Å²) < 4.78 is 40.3. The number of piperidine rings is 1. The summed E-state index contributed by atoms with van der Waals surface area (Å²) in [6, 6.07) is 11.3. The van der Waals surface area contributed by atoms with Gasteiger partial charge in [0.15, 0.2) is 0 Å². The van der Waals surface area contributed by atoms with Crippen LogP contribution in [0.15, 0.2) is 57.9 Å². The zero-order valence-electron chi connectivity index (χ0n) is 18.4. The molecule has 5 nitrogen and oxygen atoms in total. The number of nitrogens with one attached hydrogen (secondary N) is 2. The second-order valence-electron chi connectivity index (χ2n) is 8.75. The lowest BCUT2D eigenvalue weighted by Crippen LogP contribution is -2.41. The number of benzene rings is 2. The number of aromatic amines is 1. The first kappa shape index (κ1) is 24.5. The molecule has 5 rings (SSSR count). The van der Waals surface area contributed by atoms with Gasteiger partial charge in [-0.1, -0.05) is 28.1 Å². The van der Waals surface area contributed by atoms with Crippen LogP contribution >= 0.6 is 38.5 Å². The summed E-state index contributed by atoms with van der Waals surface area (Å²) in [5.41, 5.74) is 0.697. The molecule has 3 heterocycles. The van der Waals surface area contributed by atoms with Crippen molar-refractivity contribution in [2.75, 3.05) is 18.4 Å². The first-order valence-electron chi connectivity index (χ1n) is 11.1. The highest BCUT2D eigenvalue weighted by Gasteiger charge is 2.30. The molecular weight excluding hydrogens is 636 g/mol. The molecule has 182 valence electrons. The molecule has 1 saturated heterocycles. The van der Waals surface area contributed by atoms with E-state index in [9.17, 15) is 18.0 Å². The Hall–Kier alpha value is -2.18. The number of hydrogen-bond acceptors (Lipinski definition) is 4. The van der Waals surface area contributed by atoms with E-state index in [1.807, 2.05) is 18.2 Å². The summed E-state index contributed by atoms with van der Waals surface area (Å²) in [5, 5.41) is 5.85. The zero-order chi connectivity index (χ0) is 24.7. The van der Waals surface area contributed by atoms with Gasteiger partial charge in [0.25, 0.3) is 5.56 Å². The number of pyridine rings is 2. The van der Waals surface area contributed by atoms with Crippen molar-refractivity contribution in [1.29, 1.82) is 0 Å². The van der Waals surface area contributed by atoms with E-state index in [-0.39, 0.29) is 11.6 Å². The van der Waals surface area contributed by atoms with Crippen molar-refractivity contribution >= 4 is 66.0 Å². The Labute approximate surface area is 221 Å². The van der Waals surface area contributed by atoms with Gasteiger partial charge in [-0.15, -0.1) is 0 Å². The van der Waals surface area contributed by atoms with Gasteiger partial charge in [0.2, 0.25) is 0 Å². The number of rotatable bonds is 4. The smallest absolute Gasteiger partial charge is 0.366 e. The van der Waals surface area contributed by atoms with Crippen molar-refractivity contribution in [3.8, 4) is 0 Å². The predicted octanol–water partition coefficient (Wildman–Crippen LogP) is 6.54. The fourth-order valence-electron chi connectivity index (χ4n) is 4.64. The molecule has 35 heavy (non-hydrogen) atoms. The van der Waals surface area contributed by atoms with E-state index in [1.54, 1.807) is 18.3 Å².